The van der Waals surface area contributed by atoms with Gasteiger partial charge in [-0.15, -0.1) is 0 Å². The lowest BCUT2D eigenvalue weighted by Crippen LogP contribution is -2.38. The molecule has 0 saturated carbocycles. The van der Waals surface area contributed by atoms with Crippen molar-refractivity contribution in [1.29, 1.82) is 0 Å². The monoisotopic (exact) mass is 315 g/mol. The van der Waals surface area contributed by atoms with Crippen molar-refractivity contribution in [3.63, 3.8) is 0 Å². The van der Waals surface area contributed by atoms with Gasteiger partial charge in [0.25, 0.3) is 5.91 Å². The van der Waals surface area contributed by atoms with E-state index in [-0.39, 0.29) is 11.9 Å². The highest BCUT2D eigenvalue weighted by molar-refractivity contribution is 9.09. The topological polar surface area (TPSA) is 38.1 Å². The zero-order chi connectivity index (χ0) is 13.9. The van der Waals surface area contributed by atoms with Crippen molar-refractivity contribution in [2.24, 2.45) is 7.05 Å². The maximum absolute atomic E-state index is 12.6. The molecular formula is C13H22BrN3O. The van der Waals surface area contributed by atoms with E-state index in [0.29, 0.717) is 0 Å². The van der Waals surface area contributed by atoms with Gasteiger partial charge in [-0.2, -0.15) is 5.10 Å². The number of rotatable bonds is 5. The van der Waals surface area contributed by atoms with Crippen molar-refractivity contribution in [3.05, 3.63) is 17.0 Å². The van der Waals surface area contributed by atoms with E-state index in [1.165, 1.54) is 0 Å². The normalized spacial score (nSPS) is 11.1. The van der Waals surface area contributed by atoms with Crippen LogP contribution in [0.25, 0.3) is 0 Å². The predicted octanol–water partition coefficient (Wildman–Crippen LogP) is 2.67. The van der Waals surface area contributed by atoms with E-state index in [4.69, 9.17) is 0 Å². The smallest absolute Gasteiger partial charge is 0.257 e. The first-order valence-corrected chi connectivity index (χ1v) is 7.39. The van der Waals surface area contributed by atoms with Crippen LogP contribution >= 0.6 is 15.9 Å². The van der Waals surface area contributed by atoms with Gasteiger partial charge in [-0.1, -0.05) is 15.9 Å². The summed E-state index contributed by atoms with van der Waals surface area (Å²) in [5, 5.41) is 5.22. The Bertz CT molecular complexity index is 426. The number of alkyl halides is 1. The second kappa shape index (κ2) is 6.36. The zero-order valence-corrected chi connectivity index (χ0v) is 13.4. The Hall–Kier alpha value is -0.840. The molecular weight excluding hydrogens is 294 g/mol. The molecule has 0 fully saturated rings. The van der Waals surface area contributed by atoms with Gasteiger partial charge in [-0.05, 0) is 34.1 Å². The second-order valence-electron chi connectivity index (χ2n) is 4.80. The Balaban J connectivity index is 3.02. The molecule has 0 unspecified atom stereocenters. The van der Waals surface area contributed by atoms with Crippen molar-refractivity contribution in [2.75, 3.05) is 11.9 Å². The molecule has 1 aromatic heterocycles. The molecule has 0 N–H and O–H groups in total. The number of carbonyl (C=O) groups excluding carboxylic acids is 1. The van der Waals surface area contributed by atoms with Gasteiger partial charge in [0, 0.05) is 30.7 Å². The van der Waals surface area contributed by atoms with Crippen LogP contribution in [0.1, 0.15) is 42.0 Å². The molecule has 0 aliphatic rings. The van der Waals surface area contributed by atoms with Crippen molar-refractivity contribution >= 4 is 21.8 Å². The molecule has 0 saturated heterocycles. The number of halogens is 1. The van der Waals surface area contributed by atoms with Gasteiger partial charge >= 0.3 is 0 Å². The van der Waals surface area contributed by atoms with Crippen molar-refractivity contribution in [3.8, 4) is 0 Å². The van der Waals surface area contributed by atoms with E-state index in [1.807, 2.05) is 39.6 Å². The summed E-state index contributed by atoms with van der Waals surface area (Å²) < 4.78 is 1.77. The van der Waals surface area contributed by atoms with E-state index in [1.54, 1.807) is 4.68 Å². The van der Waals surface area contributed by atoms with Gasteiger partial charge in [0.1, 0.15) is 0 Å². The van der Waals surface area contributed by atoms with Crippen LogP contribution in [0.4, 0.5) is 0 Å². The number of amides is 1. The van der Waals surface area contributed by atoms with Crippen LogP contribution in [0, 0.1) is 13.8 Å². The maximum Gasteiger partial charge on any atom is 0.257 e. The average Bonchev–Trinajstić information content (AvgIpc) is 2.53. The molecule has 1 amide bonds. The molecule has 1 heterocycles. The Morgan fingerprint density at radius 2 is 2.06 bits per heavy atom. The van der Waals surface area contributed by atoms with Crippen molar-refractivity contribution in [1.82, 2.24) is 14.7 Å². The lowest BCUT2D eigenvalue weighted by molar-refractivity contribution is 0.0705. The molecule has 4 nitrogen and oxygen atoms in total. The molecule has 18 heavy (non-hydrogen) atoms. The van der Waals surface area contributed by atoms with Crippen LogP contribution in [0.15, 0.2) is 0 Å². The molecule has 1 aromatic rings. The van der Waals surface area contributed by atoms with Gasteiger partial charge in [0.05, 0.1) is 11.3 Å². The molecule has 0 aliphatic heterocycles. The SMILES string of the molecule is Cc1nn(C)c(C)c1C(=O)N(CCCBr)C(C)C. The molecule has 0 spiro atoms. The Labute approximate surface area is 117 Å². The number of carbonyl (C=O) groups is 1. The van der Waals surface area contributed by atoms with Gasteiger partial charge < -0.3 is 4.90 Å². The number of aryl methyl sites for hydroxylation is 2. The summed E-state index contributed by atoms with van der Waals surface area (Å²) >= 11 is 3.41. The summed E-state index contributed by atoms with van der Waals surface area (Å²) in [5.41, 5.74) is 2.49. The summed E-state index contributed by atoms with van der Waals surface area (Å²) in [5.74, 6) is 0.0917. The molecule has 0 aromatic carbocycles. The zero-order valence-electron chi connectivity index (χ0n) is 11.8. The molecule has 0 aliphatic carbocycles. The molecule has 0 atom stereocenters. The molecule has 1 rings (SSSR count). The summed E-state index contributed by atoms with van der Waals surface area (Å²) in [7, 11) is 1.87. The van der Waals surface area contributed by atoms with Gasteiger partial charge in [0.2, 0.25) is 0 Å². The van der Waals surface area contributed by atoms with E-state index in [0.717, 1.165) is 35.2 Å². The van der Waals surface area contributed by atoms with E-state index >= 15 is 0 Å². The molecule has 0 radical (unpaired) electrons. The Kier molecular flexibility index (Phi) is 5.38. The fraction of sp³-hybridized carbons (Fsp3) is 0.692. The van der Waals surface area contributed by atoms with Crippen LogP contribution in [-0.4, -0.2) is 38.5 Å². The molecule has 5 heteroatoms. The highest BCUT2D eigenvalue weighted by Crippen LogP contribution is 2.16. The number of aromatic nitrogens is 2. The predicted molar refractivity (Wildman–Crippen MR) is 77.3 cm³/mol. The first-order chi connectivity index (χ1) is 8.40. The minimum absolute atomic E-state index is 0.0917. The number of hydrogen-bond donors (Lipinski definition) is 0. The standard InChI is InChI=1S/C13H22BrN3O/c1-9(2)17(8-6-7-14)13(18)12-10(3)15-16(5)11(12)4/h9H,6-8H2,1-5H3. The summed E-state index contributed by atoms with van der Waals surface area (Å²) in [6.07, 6.45) is 0.961. The van der Waals surface area contributed by atoms with E-state index in [2.05, 4.69) is 21.0 Å². The quantitative estimate of drug-likeness (QED) is 0.783. The fourth-order valence-corrected chi connectivity index (χ4v) is 2.30. The van der Waals surface area contributed by atoms with Crippen molar-refractivity contribution < 1.29 is 4.79 Å². The van der Waals surface area contributed by atoms with Gasteiger partial charge in [0.15, 0.2) is 0 Å². The van der Waals surface area contributed by atoms with Crippen molar-refractivity contribution in [2.45, 2.75) is 40.2 Å². The third-order valence-corrected chi connectivity index (χ3v) is 3.70. The van der Waals surface area contributed by atoms with E-state index in [9.17, 15) is 4.79 Å². The second-order valence-corrected chi connectivity index (χ2v) is 5.60. The van der Waals surface area contributed by atoms with Gasteiger partial charge in [-0.3, -0.25) is 9.48 Å². The number of nitrogens with zero attached hydrogens (tertiary/aromatic N) is 3. The average molecular weight is 316 g/mol. The van der Waals surface area contributed by atoms with Crippen LogP contribution in [-0.2, 0) is 7.05 Å². The lowest BCUT2D eigenvalue weighted by Gasteiger charge is -2.26. The maximum atomic E-state index is 12.6. The Morgan fingerprint density at radius 1 is 1.44 bits per heavy atom. The molecule has 0 bridgehead atoms. The first kappa shape index (κ1) is 15.2. The number of hydrogen-bond acceptors (Lipinski definition) is 2. The van der Waals surface area contributed by atoms with Crippen LogP contribution in [0.3, 0.4) is 0 Å². The Morgan fingerprint density at radius 3 is 2.44 bits per heavy atom. The minimum atomic E-state index is 0.0917. The van der Waals surface area contributed by atoms with Crippen LogP contribution < -0.4 is 0 Å². The van der Waals surface area contributed by atoms with E-state index < -0.39 is 0 Å². The third kappa shape index (κ3) is 3.13. The highest BCUT2D eigenvalue weighted by atomic mass is 79.9. The highest BCUT2D eigenvalue weighted by Gasteiger charge is 2.24. The largest absolute Gasteiger partial charge is 0.336 e. The lowest BCUT2D eigenvalue weighted by atomic mass is 10.1. The first-order valence-electron chi connectivity index (χ1n) is 6.27. The summed E-state index contributed by atoms with van der Waals surface area (Å²) in [6, 6.07) is 0.204. The van der Waals surface area contributed by atoms with Crippen LogP contribution in [0.5, 0.6) is 0 Å². The fourth-order valence-electron chi connectivity index (χ4n) is 2.05. The minimum Gasteiger partial charge on any atom is -0.336 e. The van der Waals surface area contributed by atoms with Crippen LogP contribution in [0.2, 0.25) is 0 Å². The summed E-state index contributed by atoms with van der Waals surface area (Å²) in [6.45, 7) is 8.70. The molecule has 102 valence electrons. The van der Waals surface area contributed by atoms with Gasteiger partial charge in [-0.25, -0.2) is 0 Å². The third-order valence-electron chi connectivity index (χ3n) is 3.14. The summed E-state index contributed by atoms with van der Waals surface area (Å²) in [4.78, 5) is 14.5.